The Morgan fingerprint density at radius 1 is 1.53 bits per heavy atom. The van der Waals surface area contributed by atoms with E-state index in [1.54, 1.807) is 0 Å². The minimum Gasteiger partial charge on any atom is -0.306 e. The normalized spacial score (nSPS) is 23.7. The summed E-state index contributed by atoms with van der Waals surface area (Å²) in [5.41, 5.74) is -0.209. The molecular weight excluding hydrogens is 188 g/mol. The smallest absolute Gasteiger partial charge is 0.126 e. The van der Waals surface area contributed by atoms with Gasteiger partial charge in [-0.05, 0) is 33.0 Å². The van der Waals surface area contributed by atoms with Gasteiger partial charge in [0.1, 0.15) is 6.29 Å². The van der Waals surface area contributed by atoms with E-state index in [1.165, 1.54) is 19.5 Å². The lowest BCUT2D eigenvalue weighted by Crippen LogP contribution is -2.36. The van der Waals surface area contributed by atoms with E-state index in [9.17, 15) is 4.79 Å². The van der Waals surface area contributed by atoms with E-state index < -0.39 is 0 Å². The molecule has 0 radical (unpaired) electrons. The van der Waals surface area contributed by atoms with Gasteiger partial charge in [-0.1, -0.05) is 13.8 Å². The molecule has 0 aliphatic carbocycles. The van der Waals surface area contributed by atoms with Crippen molar-refractivity contribution in [2.45, 2.75) is 20.3 Å². The van der Waals surface area contributed by atoms with Gasteiger partial charge in [0.15, 0.2) is 0 Å². The van der Waals surface area contributed by atoms with Crippen molar-refractivity contribution in [3.05, 3.63) is 0 Å². The number of aldehydes is 1. The van der Waals surface area contributed by atoms with E-state index in [4.69, 9.17) is 0 Å². The van der Waals surface area contributed by atoms with Crippen molar-refractivity contribution < 1.29 is 4.79 Å². The highest BCUT2D eigenvalue weighted by atomic mass is 16.1. The molecule has 1 unspecified atom stereocenters. The monoisotopic (exact) mass is 212 g/mol. The summed E-state index contributed by atoms with van der Waals surface area (Å²) < 4.78 is 0. The van der Waals surface area contributed by atoms with Crippen LogP contribution < -0.4 is 0 Å². The van der Waals surface area contributed by atoms with E-state index in [2.05, 4.69) is 23.9 Å². The first-order chi connectivity index (χ1) is 6.93. The molecule has 1 atom stereocenters. The lowest BCUT2D eigenvalue weighted by atomic mass is 9.95. The fourth-order valence-electron chi connectivity index (χ4n) is 2.41. The molecule has 15 heavy (non-hydrogen) atoms. The van der Waals surface area contributed by atoms with Crippen molar-refractivity contribution in [2.24, 2.45) is 11.3 Å². The zero-order valence-corrected chi connectivity index (χ0v) is 10.5. The molecule has 0 N–H and O–H groups in total. The number of rotatable bonds is 5. The van der Waals surface area contributed by atoms with Crippen LogP contribution in [0.5, 0.6) is 0 Å². The molecule has 1 fully saturated rings. The van der Waals surface area contributed by atoms with Crippen LogP contribution in [0, 0.1) is 11.3 Å². The van der Waals surface area contributed by atoms with E-state index in [1.807, 2.05) is 13.8 Å². The van der Waals surface area contributed by atoms with Crippen LogP contribution in [0.4, 0.5) is 0 Å². The lowest BCUT2D eigenvalue weighted by Gasteiger charge is -2.27. The second-order valence-electron chi connectivity index (χ2n) is 5.72. The van der Waals surface area contributed by atoms with E-state index in [0.29, 0.717) is 0 Å². The first-order valence-corrected chi connectivity index (χ1v) is 5.76. The highest BCUT2D eigenvalue weighted by Crippen LogP contribution is 2.18. The maximum Gasteiger partial charge on any atom is 0.126 e. The first kappa shape index (κ1) is 12.7. The molecule has 1 aliphatic rings. The lowest BCUT2D eigenvalue weighted by molar-refractivity contribution is -0.115. The van der Waals surface area contributed by atoms with E-state index in [0.717, 1.165) is 25.3 Å². The third kappa shape index (κ3) is 4.31. The minimum absolute atomic E-state index is 0.209. The van der Waals surface area contributed by atoms with Crippen molar-refractivity contribution in [1.82, 2.24) is 9.80 Å². The molecule has 0 amide bonds. The van der Waals surface area contributed by atoms with Gasteiger partial charge in [-0.15, -0.1) is 0 Å². The average Bonchev–Trinajstić information content (AvgIpc) is 2.50. The van der Waals surface area contributed by atoms with Crippen molar-refractivity contribution in [2.75, 3.05) is 40.3 Å². The summed E-state index contributed by atoms with van der Waals surface area (Å²) in [6.45, 7) is 8.38. The summed E-state index contributed by atoms with van der Waals surface area (Å²) >= 11 is 0. The fraction of sp³-hybridized carbons (Fsp3) is 0.917. The van der Waals surface area contributed by atoms with Gasteiger partial charge in [0, 0.05) is 25.0 Å². The number of hydrogen-bond acceptors (Lipinski definition) is 3. The van der Waals surface area contributed by atoms with Crippen LogP contribution in [-0.2, 0) is 4.79 Å². The van der Waals surface area contributed by atoms with Gasteiger partial charge in [-0.25, -0.2) is 0 Å². The van der Waals surface area contributed by atoms with E-state index in [-0.39, 0.29) is 5.41 Å². The zero-order valence-electron chi connectivity index (χ0n) is 10.5. The highest BCUT2D eigenvalue weighted by molar-refractivity contribution is 5.58. The van der Waals surface area contributed by atoms with Crippen molar-refractivity contribution >= 4 is 6.29 Å². The van der Waals surface area contributed by atoms with Crippen LogP contribution in [0.25, 0.3) is 0 Å². The molecule has 0 aromatic heterocycles. The van der Waals surface area contributed by atoms with E-state index >= 15 is 0 Å². The Hall–Kier alpha value is -0.410. The Balaban J connectivity index is 2.29. The van der Waals surface area contributed by atoms with Gasteiger partial charge in [-0.3, -0.25) is 0 Å². The van der Waals surface area contributed by atoms with Gasteiger partial charge >= 0.3 is 0 Å². The predicted molar refractivity (Wildman–Crippen MR) is 62.9 cm³/mol. The van der Waals surface area contributed by atoms with Crippen LogP contribution in [-0.4, -0.2) is 56.4 Å². The standard InChI is InChI=1S/C12H24N2O/c1-12(2,10-15)9-14(4)8-11-5-6-13(3)7-11/h10-11H,5-9H2,1-4H3. The predicted octanol–water partition coefficient (Wildman–Crippen LogP) is 1.09. The second kappa shape index (κ2) is 5.08. The van der Waals surface area contributed by atoms with Crippen LogP contribution in [0.3, 0.4) is 0 Å². The molecule has 0 saturated carbocycles. The molecule has 0 aromatic carbocycles. The largest absolute Gasteiger partial charge is 0.306 e. The van der Waals surface area contributed by atoms with Crippen LogP contribution in [0.15, 0.2) is 0 Å². The van der Waals surface area contributed by atoms with Gasteiger partial charge < -0.3 is 14.6 Å². The Morgan fingerprint density at radius 2 is 2.20 bits per heavy atom. The molecule has 0 spiro atoms. The molecule has 88 valence electrons. The van der Waals surface area contributed by atoms with Gasteiger partial charge in [0.2, 0.25) is 0 Å². The highest BCUT2D eigenvalue weighted by Gasteiger charge is 2.24. The molecule has 1 heterocycles. The third-order valence-corrected chi connectivity index (χ3v) is 3.06. The second-order valence-corrected chi connectivity index (χ2v) is 5.72. The number of carbonyl (C=O) groups excluding carboxylic acids is 1. The van der Waals surface area contributed by atoms with Crippen molar-refractivity contribution in [3.63, 3.8) is 0 Å². The topological polar surface area (TPSA) is 23.6 Å². The fourth-order valence-corrected chi connectivity index (χ4v) is 2.41. The molecule has 1 aliphatic heterocycles. The van der Waals surface area contributed by atoms with Crippen LogP contribution >= 0.6 is 0 Å². The molecule has 1 rings (SSSR count). The molecular formula is C12H24N2O. The number of likely N-dealkylation sites (tertiary alicyclic amines) is 1. The Bertz CT molecular complexity index is 216. The molecule has 0 aromatic rings. The number of nitrogens with zero attached hydrogens (tertiary/aromatic N) is 2. The third-order valence-electron chi connectivity index (χ3n) is 3.06. The van der Waals surface area contributed by atoms with Crippen molar-refractivity contribution in [3.8, 4) is 0 Å². The summed E-state index contributed by atoms with van der Waals surface area (Å²) in [5, 5.41) is 0. The summed E-state index contributed by atoms with van der Waals surface area (Å²) in [7, 11) is 4.29. The Kier molecular flexibility index (Phi) is 4.29. The van der Waals surface area contributed by atoms with Crippen molar-refractivity contribution in [1.29, 1.82) is 0 Å². The summed E-state index contributed by atoms with van der Waals surface area (Å²) in [6, 6.07) is 0. The molecule has 3 nitrogen and oxygen atoms in total. The maximum atomic E-state index is 10.8. The Labute approximate surface area is 93.4 Å². The molecule has 0 bridgehead atoms. The van der Waals surface area contributed by atoms with Crippen LogP contribution in [0.1, 0.15) is 20.3 Å². The molecule has 3 heteroatoms. The van der Waals surface area contributed by atoms with Gasteiger partial charge in [0.05, 0.1) is 0 Å². The summed E-state index contributed by atoms with van der Waals surface area (Å²) in [4.78, 5) is 15.5. The van der Waals surface area contributed by atoms with Gasteiger partial charge in [0.25, 0.3) is 0 Å². The number of carbonyl (C=O) groups is 1. The Morgan fingerprint density at radius 3 is 2.67 bits per heavy atom. The van der Waals surface area contributed by atoms with Gasteiger partial charge in [-0.2, -0.15) is 0 Å². The first-order valence-electron chi connectivity index (χ1n) is 5.76. The SMILES string of the molecule is CN1CCC(CN(C)CC(C)(C)C=O)C1. The number of hydrogen-bond donors (Lipinski definition) is 0. The zero-order chi connectivity index (χ0) is 11.5. The maximum absolute atomic E-state index is 10.8. The summed E-state index contributed by atoms with van der Waals surface area (Å²) in [5.74, 6) is 0.780. The van der Waals surface area contributed by atoms with Crippen LogP contribution in [0.2, 0.25) is 0 Å². The molecule has 1 saturated heterocycles. The minimum atomic E-state index is -0.209. The summed E-state index contributed by atoms with van der Waals surface area (Å²) in [6.07, 6.45) is 2.35. The quantitative estimate of drug-likeness (QED) is 0.638. The average molecular weight is 212 g/mol.